The Bertz CT molecular complexity index is 1230. The zero-order chi connectivity index (χ0) is 26.7. The van der Waals surface area contributed by atoms with Crippen LogP contribution in [0.15, 0.2) is 59.8 Å². The van der Waals surface area contributed by atoms with Gasteiger partial charge < -0.3 is 25.8 Å². The average Bonchev–Trinajstić information content (AvgIpc) is 2.84. The maximum atomic E-state index is 11.0. The minimum atomic E-state index is -1.55. The number of nitrogens with zero attached hydrogens (tertiary/aromatic N) is 1. The van der Waals surface area contributed by atoms with Crippen LogP contribution < -0.4 is 5.32 Å². The summed E-state index contributed by atoms with van der Waals surface area (Å²) in [6.07, 6.45) is 2.06. The molecule has 0 fully saturated rings. The van der Waals surface area contributed by atoms with Crippen LogP contribution in [0, 0.1) is 0 Å². The zero-order valence-corrected chi connectivity index (χ0v) is 19.7. The number of oxime groups is 1. The molecule has 0 bridgehead atoms. The van der Waals surface area contributed by atoms with Crippen molar-refractivity contribution in [1.29, 1.82) is 0 Å². The van der Waals surface area contributed by atoms with Crippen molar-refractivity contribution >= 4 is 51.1 Å². The van der Waals surface area contributed by atoms with E-state index in [9.17, 15) is 19.2 Å². The zero-order valence-electron chi connectivity index (χ0n) is 19.7. The first kappa shape index (κ1) is 27.8. The summed E-state index contributed by atoms with van der Waals surface area (Å²) in [6, 6.07) is 17.5. The van der Waals surface area contributed by atoms with Crippen LogP contribution in [0.4, 0.5) is 0 Å². The third kappa shape index (κ3) is 8.08. The molecule has 1 amide bonds. The maximum Gasteiger partial charge on any atom is 0.326 e. The lowest BCUT2D eigenvalue weighted by molar-refractivity contribution is -0.146. The molecule has 10 heteroatoms. The number of amides is 1. The molecule has 10 nitrogen and oxygen atoms in total. The smallest absolute Gasteiger partial charge is 0.326 e. The first-order valence-corrected chi connectivity index (χ1v) is 11.2. The number of aryl methyl sites for hydroxylation is 1. The number of nitrogens with one attached hydrogen (secondary N) is 1. The highest BCUT2D eigenvalue weighted by Crippen LogP contribution is 2.29. The number of benzene rings is 3. The van der Waals surface area contributed by atoms with Crippen molar-refractivity contribution in [3.8, 4) is 0 Å². The highest BCUT2D eigenvalue weighted by Gasteiger charge is 2.23. The van der Waals surface area contributed by atoms with E-state index in [2.05, 4.69) is 59.8 Å². The average molecular weight is 497 g/mol. The molecule has 3 aromatic rings. The molecule has 36 heavy (non-hydrogen) atoms. The van der Waals surface area contributed by atoms with Crippen molar-refractivity contribution in [3.05, 3.63) is 60.2 Å². The Balaban J connectivity index is 0.000000271. The van der Waals surface area contributed by atoms with Gasteiger partial charge in [0.2, 0.25) is 0 Å². The van der Waals surface area contributed by atoms with Crippen LogP contribution in [0.3, 0.4) is 0 Å². The quantitative estimate of drug-likeness (QED) is 0.0929. The summed E-state index contributed by atoms with van der Waals surface area (Å²) in [5, 5.41) is 43.4. The molecule has 5 N–H and O–H groups in total. The van der Waals surface area contributed by atoms with Gasteiger partial charge in [-0.3, -0.25) is 14.4 Å². The number of unbranched alkanes of at least 4 members (excludes halogenated alkanes) is 1. The predicted molar refractivity (Wildman–Crippen MR) is 133 cm³/mol. The second kappa shape index (κ2) is 13.4. The molecule has 0 aliphatic carbocycles. The first-order chi connectivity index (χ1) is 17.1. The molecular formula is C26H28N2O8. The fourth-order valence-corrected chi connectivity index (χ4v) is 3.64. The maximum absolute atomic E-state index is 11.0. The number of carbonyl (C=O) groups is 4. The molecule has 1 unspecified atom stereocenters. The van der Waals surface area contributed by atoms with Crippen LogP contribution >= 0.6 is 0 Å². The Kier molecular flexibility index (Phi) is 10.4. The van der Waals surface area contributed by atoms with Gasteiger partial charge in [0.25, 0.3) is 5.91 Å². The summed E-state index contributed by atoms with van der Waals surface area (Å²) in [5.74, 6) is -4.48. The third-order valence-corrected chi connectivity index (χ3v) is 5.41. The van der Waals surface area contributed by atoms with E-state index in [1.54, 1.807) is 0 Å². The molecule has 0 heterocycles. The Morgan fingerprint density at radius 3 is 1.89 bits per heavy atom. The summed E-state index contributed by atoms with van der Waals surface area (Å²) in [7, 11) is 0. The number of carboxylic acids is 3. The van der Waals surface area contributed by atoms with Crippen LogP contribution in [0.1, 0.15) is 38.2 Å². The van der Waals surface area contributed by atoms with Crippen LogP contribution in [-0.2, 0) is 25.6 Å². The van der Waals surface area contributed by atoms with Gasteiger partial charge in [0, 0.05) is 6.42 Å². The SMILES string of the molecule is CC(=NO)C(=O)NC(CC(=O)O)C(=O)O.O=C(O)CCCCc1c2ccccc2cc2ccccc12. The lowest BCUT2D eigenvalue weighted by atomic mass is 9.93. The highest BCUT2D eigenvalue weighted by atomic mass is 16.4. The van der Waals surface area contributed by atoms with Crippen LogP contribution in [-0.4, -0.2) is 56.1 Å². The topological polar surface area (TPSA) is 174 Å². The van der Waals surface area contributed by atoms with E-state index in [0.717, 1.165) is 26.2 Å². The third-order valence-electron chi connectivity index (χ3n) is 5.41. The van der Waals surface area contributed by atoms with Crippen LogP contribution in [0.25, 0.3) is 21.5 Å². The summed E-state index contributed by atoms with van der Waals surface area (Å²) in [4.78, 5) is 42.4. The Morgan fingerprint density at radius 1 is 0.861 bits per heavy atom. The van der Waals surface area contributed by atoms with Crippen molar-refractivity contribution in [1.82, 2.24) is 5.32 Å². The van der Waals surface area contributed by atoms with E-state index in [0.29, 0.717) is 0 Å². The Labute approximate surface area is 206 Å². The van der Waals surface area contributed by atoms with Gasteiger partial charge in [-0.25, -0.2) is 4.79 Å². The van der Waals surface area contributed by atoms with E-state index in [1.807, 2.05) is 5.32 Å². The Morgan fingerprint density at radius 2 is 1.42 bits per heavy atom. The molecule has 0 spiro atoms. The fourth-order valence-electron chi connectivity index (χ4n) is 3.64. The number of fused-ring (bicyclic) bond motifs is 2. The normalized spacial score (nSPS) is 11.9. The largest absolute Gasteiger partial charge is 0.481 e. The van der Waals surface area contributed by atoms with Gasteiger partial charge in [0.1, 0.15) is 11.8 Å². The molecule has 0 aromatic heterocycles. The minimum Gasteiger partial charge on any atom is -0.481 e. The van der Waals surface area contributed by atoms with Gasteiger partial charge in [-0.2, -0.15) is 0 Å². The van der Waals surface area contributed by atoms with E-state index in [1.165, 1.54) is 27.1 Å². The summed E-state index contributed by atoms with van der Waals surface area (Å²) >= 11 is 0. The Hall–Kier alpha value is -4.47. The molecule has 0 radical (unpaired) electrons. The van der Waals surface area contributed by atoms with Gasteiger partial charge >= 0.3 is 17.9 Å². The van der Waals surface area contributed by atoms with Gasteiger partial charge in [0.15, 0.2) is 0 Å². The number of carboxylic acid groups (broad SMARTS) is 3. The standard InChI is InChI=1S/C19H18O2.C7H10N2O6/c20-19(21)12-6-5-11-18-16-9-3-1-7-14(16)13-15-8-2-4-10-17(15)18;1-3(9-15)6(12)8-4(7(13)14)2-5(10)11/h1-4,7-10,13H,5-6,11-12H2,(H,20,21);4,15H,2H2,1H3,(H,8,12)(H,10,11)(H,13,14). The monoisotopic (exact) mass is 496 g/mol. The lowest BCUT2D eigenvalue weighted by Crippen LogP contribution is -2.44. The van der Waals surface area contributed by atoms with Gasteiger partial charge in [-0.15, -0.1) is 0 Å². The molecule has 0 aliphatic heterocycles. The highest BCUT2D eigenvalue weighted by molar-refractivity contribution is 6.38. The molecule has 0 aliphatic rings. The summed E-state index contributed by atoms with van der Waals surface area (Å²) < 4.78 is 0. The van der Waals surface area contributed by atoms with Gasteiger partial charge in [0.05, 0.1) is 6.42 Å². The number of rotatable bonds is 10. The predicted octanol–water partition coefficient (Wildman–Crippen LogP) is 3.67. The fraction of sp³-hybridized carbons (Fsp3) is 0.269. The second-order valence-corrected chi connectivity index (χ2v) is 8.05. The van der Waals surface area contributed by atoms with Gasteiger partial charge in [-0.05, 0) is 59.4 Å². The van der Waals surface area contributed by atoms with Crippen molar-refractivity contribution in [2.45, 2.75) is 45.1 Å². The van der Waals surface area contributed by atoms with E-state index in [4.69, 9.17) is 20.5 Å². The number of aliphatic carboxylic acids is 3. The van der Waals surface area contributed by atoms with Crippen molar-refractivity contribution in [2.75, 3.05) is 0 Å². The van der Waals surface area contributed by atoms with Crippen LogP contribution in [0.5, 0.6) is 0 Å². The number of carbonyl (C=O) groups excluding carboxylic acids is 1. The van der Waals surface area contributed by atoms with Crippen molar-refractivity contribution in [2.24, 2.45) is 5.16 Å². The van der Waals surface area contributed by atoms with Crippen LogP contribution in [0.2, 0.25) is 0 Å². The molecule has 0 saturated carbocycles. The second-order valence-electron chi connectivity index (χ2n) is 8.05. The number of hydrogen-bond donors (Lipinski definition) is 5. The van der Waals surface area contributed by atoms with E-state index >= 15 is 0 Å². The molecule has 3 aromatic carbocycles. The lowest BCUT2D eigenvalue weighted by Gasteiger charge is -2.11. The minimum absolute atomic E-state index is 0.253. The molecule has 190 valence electrons. The molecule has 3 rings (SSSR count). The van der Waals surface area contributed by atoms with Gasteiger partial charge in [-0.1, -0.05) is 53.7 Å². The van der Waals surface area contributed by atoms with E-state index < -0.39 is 36.3 Å². The number of hydrogen-bond acceptors (Lipinski definition) is 6. The molecular weight excluding hydrogens is 468 g/mol. The van der Waals surface area contributed by atoms with Crippen molar-refractivity contribution in [3.63, 3.8) is 0 Å². The van der Waals surface area contributed by atoms with Crippen molar-refractivity contribution < 1.29 is 39.7 Å². The molecule has 1 atom stereocenters. The molecule has 0 saturated heterocycles. The summed E-state index contributed by atoms with van der Waals surface area (Å²) in [6.45, 7) is 1.15. The van der Waals surface area contributed by atoms with E-state index in [-0.39, 0.29) is 12.1 Å². The first-order valence-electron chi connectivity index (χ1n) is 11.2. The summed E-state index contributed by atoms with van der Waals surface area (Å²) in [5.41, 5.74) is 0.987.